The maximum Gasteiger partial charge on any atom is 0.337 e. The molecule has 0 amide bonds. The SMILES string of the molecule is COC(=O)c1cccc(-c2cc(N)no2)c1. The molecule has 2 rings (SSSR count). The Bertz CT molecular complexity index is 519. The fraction of sp³-hybridized carbons (Fsp3) is 0.0909. The summed E-state index contributed by atoms with van der Waals surface area (Å²) in [5.41, 5.74) is 6.63. The normalized spacial score (nSPS) is 10.1. The first kappa shape index (κ1) is 10.2. The smallest absolute Gasteiger partial charge is 0.337 e. The number of carbonyl (C=O) groups is 1. The Balaban J connectivity index is 2.39. The Morgan fingerprint density at radius 1 is 1.44 bits per heavy atom. The van der Waals surface area contributed by atoms with Crippen molar-refractivity contribution in [3.63, 3.8) is 0 Å². The van der Waals surface area contributed by atoms with Crippen LogP contribution in [0, 0.1) is 0 Å². The number of esters is 1. The summed E-state index contributed by atoms with van der Waals surface area (Å²) in [6.07, 6.45) is 0. The van der Waals surface area contributed by atoms with Gasteiger partial charge in [0.1, 0.15) is 0 Å². The minimum Gasteiger partial charge on any atom is -0.465 e. The van der Waals surface area contributed by atoms with Crippen molar-refractivity contribution in [3.8, 4) is 11.3 Å². The van der Waals surface area contributed by atoms with E-state index in [9.17, 15) is 4.79 Å². The predicted molar refractivity (Wildman–Crippen MR) is 57.7 cm³/mol. The van der Waals surface area contributed by atoms with Crippen LogP contribution in [0.1, 0.15) is 10.4 Å². The molecule has 0 aliphatic heterocycles. The van der Waals surface area contributed by atoms with E-state index in [2.05, 4.69) is 9.89 Å². The monoisotopic (exact) mass is 218 g/mol. The Hall–Kier alpha value is -2.30. The number of hydrogen-bond donors (Lipinski definition) is 1. The van der Waals surface area contributed by atoms with Gasteiger partial charge in [0.2, 0.25) is 0 Å². The lowest BCUT2D eigenvalue weighted by Crippen LogP contribution is -2.00. The molecule has 2 aromatic rings. The molecule has 82 valence electrons. The van der Waals surface area contributed by atoms with E-state index in [0.29, 0.717) is 17.1 Å². The van der Waals surface area contributed by atoms with Crippen molar-refractivity contribution in [2.24, 2.45) is 0 Å². The predicted octanol–water partition coefficient (Wildman–Crippen LogP) is 1.71. The first-order chi connectivity index (χ1) is 7.70. The second-order valence-electron chi connectivity index (χ2n) is 3.19. The van der Waals surface area contributed by atoms with Gasteiger partial charge >= 0.3 is 5.97 Å². The Kier molecular flexibility index (Phi) is 2.59. The molecular weight excluding hydrogens is 208 g/mol. The van der Waals surface area contributed by atoms with Crippen molar-refractivity contribution in [1.82, 2.24) is 5.16 Å². The fourth-order valence-electron chi connectivity index (χ4n) is 1.34. The Labute approximate surface area is 91.8 Å². The fourth-order valence-corrected chi connectivity index (χ4v) is 1.34. The lowest BCUT2D eigenvalue weighted by molar-refractivity contribution is 0.0601. The number of hydrogen-bond acceptors (Lipinski definition) is 5. The zero-order valence-electron chi connectivity index (χ0n) is 8.64. The summed E-state index contributed by atoms with van der Waals surface area (Å²) in [6, 6.07) is 8.45. The highest BCUT2D eigenvalue weighted by molar-refractivity contribution is 5.90. The van der Waals surface area contributed by atoms with Crippen LogP contribution in [0.2, 0.25) is 0 Å². The third-order valence-electron chi connectivity index (χ3n) is 2.10. The number of methoxy groups -OCH3 is 1. The minimum atomic E-state index is -0.394. The maximum atomic E-state index is 11.3. The third kappa shape index (κ3) is 1.88. The standard InChI is InChI=1S/C11H10N2O3/c1-15-11(14)8-4-2-3-7(5-8)9-6-10(12)13-16-9/h2-6H,1H3,(H2,12,13). The van der Waals surface area contributed by atoms with E-state index in [1.165, 1.54) is 7.11 Å². The largest absolute Gasteiger partial charge is 0.465 e. The first-order valence-electron chi connectivity index (χ1n) is 4.61. The van der Waals surface area contributed by atoms with Crippen LogP contribution in [0.25, 0.3) is 11.3 Å². The van der Waals surface area contributed by atoms with Crippen LogP contribution >= 0.6 is 0 Å². The molecule has 0 spiro atoms. The lowest BCUT2D eigenvalue weighted by Gasteiger charge is -2.00. The van der Waals surface area contributed by atoms with Crippen LogP contribution in [-0.4, -0.2) is 18.2 Å². The molecule has 2 N–H and O–H groups in total. The van der Waals surface area contributed by atoms with E-state index in [-0.39, 0.29) is 0 Å². The zero-order valence-corrected chi connectivity index (χ0v) is 8.64. The molecular formula is C11H10N2O3. The van der Waals surface area contributed by atoms with Gasteiger partial charge in [-0.15, -0.1) is 0 Å². The van der Waals surface area contributed by atoms with Crippen molar-refractivity contribution >= 4 is 11.8 Å². The van der Waals surface area contributed by atoms with Crippen molar-refractivity contribution in [2.45, 2.75) is 0 Å². The number of nitrogens with two attached hydrogens (primary N) is 1. The molecule has 5 heteroatoms. The molecule has 0 atom stereocenters. The molecule has 0 radical (unpaired) electrons. The van der Waals surface area contributed by atoms with Gasteiger partial charge in [-0.25, -0.2) is 4.79 Å². The van der Waals surface area contributed by atoms with Crippen LogP contribution in [0.4, 0.5) is 5.82 Å². The Morgan fingerprint density at radius 2 is 2.25 bits per heavy atom. The number of aromatic nitrogens is 1. The Morgan fingerprint density at radius 3 is 2.88 bits per heavy atom. The average Bonchev–Trinajstić information content (AvgIpc) is 2.75. The molecule has 0 aliphatic rings. The number of carbonyl (C=O) groups excluding carboxylic acids is 1. The van der Waals surface area contributed by atoms with Crippen LogP contribution < -0.4 is 5.73 Å². The van der Waals surface area contributed by atoms with Crippen LogP contribution in [0.5, 0.6) is 0 Å². The van der Waals surface area contributed by atoms with Crippen LogP contribution in [0.15, 0.2) is 34.9 Å². The summed E-state index contributed by atoms with van der Waals surface area (Å²) in [6.45, 7) is 0. The van der Waals surface area contributed by atoms with Gasteiger partial charge in [-0.05, 0) is 12.1 Å². The third-order valence-corrected chi connectivity index (χ3v) is 2.10. The number of ether oxygens (including phenoxy) is 1. The average molecular weight is 218 g/mol. The highest BCUT2D eigenvalue weighted by atomic mass is 16.5. The topological polar surface area (TPSA) is 78.4 Å². The lowest BCUT2D eigenvalue weighted by atomic mass is 10.1. The molecule has 0 unspecified atom stereocenters. The molecule has 5 nitrogen and oxygen atoms in total. The molecule has 1 aromatic heterocycles. The van der Waals surface area contributed by atoms with Gasteiger partial charge in [0.05, 0.1) is 12.7 Å². The molecule has 1 aromatic carbocycles. The number of anilines is 1. The number of nitrogens with zero attached hydrogens (tertiary/aromatic N) is 1. The van der Waals surface area contributed by atoms with Gasteiger partial charge in [0.25, 0.3) is 0 Å². The summed E-state index contributed by atoms with van der Waals surface area (Å²) in [4.78, 5) is 11.3. The van der Waals surface area contributed by atoms with Crippen LogP contribution in [0.3, 0.4) is 0 Å². The van der Waals surface area contributed by atoms with E-state index >= 15 is 0 Å². The molecule has 0 bridgehead atoms. The maximum absolute atomic E-state index is 11.3. The van der Waals surface area contributed by atoms with Crippen molar-refractivity contribution in [3.05, 3.63) is 35.9 Å². The molecule has 16 heavy (non-hydrogen) atoms. The van der Waals surface area contributed by atoms with E-state index in [4.69, 9.17) is 10.3 Å². The molecule has 0 fully saturated rings. The number of rotatable bonds is 2. The molecule has 0 aliphatic carbocycles. The van der Waals surface area contributed by atoms with Crippen molar-refractivity contribution in [1.29, 1.82) is 0 Å². The highest BCUT2D eigenvalue weighted by Gasteiger charge is 2.09. The second-order valence-corrected chi connectivity index (χ2v) is 3.19. The van der Waals surface area contributed by atoms with E-state index in [0.717, 1.165) is 5.56 Å². The van der Waals surface area contributed by atoms with Crippen molar-refractivity contribution < 1.29 is 14.1 Å². The highest BCUT2D eigenvalue weighted by Crippen LogP contribution is 2.22. The summed E-state index contributed by atoms with van der Waals surface area (Å²) in [5, 5.41) is 3.57. The number of nitrogen functional groups attached to an aromatic ring is 1. The first-order valence-corrected chi connectivity index (χ1v) is 4.61. The van der Waals surface area contributed by atoms with Gasteiger partial charge in [0, 0.05) is 11.6 Å². The summed E-state index contributed by atoms with van der Waals surface area (Å²) >= 11 is 0. The van der Waals surface area contributed by atoms with Gasteiger partial charge in [-0.1, -0.05) is 17.3 Å². The van der Waals surface area contributed by atoms with E-state index in [1.54, 1.807) is 30.3 Å². The summed E-state index contributed by atoms with van der Waals surface area (Å²) in [5.74, 6) is 0.427. The van der Waals surface area contributed by atoms with Crippen molar-refractivity contribution in [2.75, 3.05) is 12.8 Å². The molecule has 0 saturated carbocycles. The van der Waals surface area contributed by atoms with E-state index in [1.807, 2.05) is 0 Å². The minimum absolute atomic E-state index is 0.304. The second kappa shape index (κ2) is 4.06. The van der Waals surface area contributed by atoms with Gasteiger partial charge in [0.15, 0.2) is 11.6 Å². The van der Waals surface area contributed by atoms with Crippen LogP contribution in [-0.2, 0) is 4.74 Å². The summed E-state index contributed by atoms with van der Waals surface area (Å²) < 4.78 is 9.61. The zero-order chi connectivity index (χ0) is 11.5. The van der Waals surface area contributed by atoms with Gasteiger partial charge in [-0.2, -0.15) is 0 Å². The summed E-state index contributed by atoms with van der Waals surface area (Å²) in [7, 11) is 1.33. The molecule has 1 heterocycles. The van der Waals surface area contributed by atoms with E-state index < -0.39 is 5.97 Å². The van der Waals surface area contributed by atoms with Gasteiger partial charge < -0.3 is 15.0 Å². The molecule has 0 saturated heterocycles. The quantitative estimate of drug-likeness (QED) is 0.776. The van der Waals surface area contributed by atoms with Gasteiger partial charge in [-0.3, -0.25) is 0 Å². The number of benzene rings is 1.